The Kier molecular flexibility index (Phi) is 4.82. The summed E-state index contributed by atoms with van der Waals surface area (Å²) in [6.45, 7) is -0.321. The lowest BCUT2D eigenvalue weighted by molar-refractivity contribution is -0.121. The maximum absolute atomic E-state index is 13.7. The lowest BCUT2D eigenvalue weighted by atomic mass is 10.1. The van der Waals surface area contributed by atoms with Crippen LogP contribution in [0.4, 0.5) is 4.39 Å². The number of sulfonamides is 1. The smallest absolute Gasteiger partial charge is 0.244 e. The summed E-state index contributed by atoms with van der Waals surface area (Å²) in [5.74, 6) is -0.706. The van der Waals surface area contributed by atoms with Crippen LogP contribution in [0, 0.1) is 5.82 Å². The number of fused-ring (bicyclic) bond motifs is 1. The van der Waals surface area contributed by atoms with Crippen molar-refractivity contribution < 1.29 is 17.6 Å². The Balaban J connectivity index is 1.67. The van der Waals surface area contributed by atoms with Crippen LogP contribution in [-0.2, 0) is 21.2 Å². The van der Waals surface area contributed by atoms with Gasteiger partial charge in [-0.15, -0.1) is 0 Å². The molecule has 132 valence electrons. The molecular weight excluding hydrogens is 345 g/mol. The predicted molar refractivity (Wildman–Crippen MR) is 89.7 cm³/mol. The van der Waals surface area contributed by atoms with Crippen LogP contribution < -0.4 is 5.32 Å². The molecule has 1 heterocycles. The third-order valence-electron chi connectivity index (χ3n) is 4.26. The molecule has 8 heteroatoms. The van der Waals surface area contributed by atoms with Crippen LogP contribution in [0.15, 0.2) is 47.6 Å². The molecule has 1 aliphatic carbocycles. The number of hydrogen-bond donors (Lipinski definition) is 1. The third-order valence-corrected chi connectivity index (χ3v) is 6.04. The number of pyridine rings is 1. The van der Waals surface area contributed by atoms with Gasteiger partial charge in [0.25, 0.3) is 0 Å². The van der Waals surface area contributed by atoms with Gasteiger partial charge in [0.15, 0.2) is 0 Å². The maximum atomic E-state index is 13.7. The number of hydrogen-bond acceptors (Lipinski definition) is 4. The Labute approximate surface area is 145 Å². The number of amides is 1. The average Bonchev–Trinajstić information content (AvgIpc) is 3.00. The highest BCUT2D eigenvalue weighted by Gasteiger charge is 2.28. The van der Waals surface area contributed by atoms with Crippen LogP contribution in [0.25, 0.3) is 0 Å². The first-order valence-electron chi connectivity index (χ1n) is 7.82. The van der Waals surface area contributed by atoms with Gasteiger partial charge in [0.2, 0.25) is 15.9 Å². The second kappa shape index (κ2) is 6.89. The van der Waals surface area contributed by atoms with Crippen molar-refractivity contribution in [2.45, 2.75) is 23.8 Å². The number of halogens is 1. The molecule has 0 saturated heterocycles. The molecule has 0 saturated carbocycles. The Morgan fingerprint density at radius 3 is 2.88 bits per heavy atom. The molecule has 2 aromatic rings. The van der Waals surface area contributed by atoms with E-state index in [1.165, 1.54) is 37.6 Å². The second-order valence-electron chi connectivity index (χ2n) is 5.92. The number of nitrogens with one attached hydrogen (secondary N) is 1. The molecule has 6 nitrogen and oxygen atoms in total. The van der Waals surface area contributed by atoms with Crippen molar-refractivity contribution in [2.24, 2.45) is 0 Å². The van der Waals surface area contributed by atoms with E-state index in [1.807, 2.05) is 0 Å². The molecule has 1 amide bonds. The predicted octanol–water partition coefficient (Wildman–Crippen LogP) is 1.64. The Morgan fingerprint density at radius 2 is 2.16 bits per heavy atom. The number of rotatable bonds is 5. The standard InChI is InChI=1S/C17H18FN3O3S/c1-21(25(23,24)12-4-3-9-19-10-12)11-17(22)20-16-8-7-13-14(16)5-2-6-15(13)18/h2-6,9-10,16H,7-8,11H2,1H3,(H,20,22). The van der Waals surface area contributed by atoms with Gasteiger partial charge in [-0.1, -0.05) is 12.1 Å². The van der Waals surface area contributed by atoms with E-state index in [4.69, 9.17) is 0 Å². The first kappa shape index (κ1) is 17.5. The van der Waals surface area contributed by atoms with Gasteiger partial charge in [-0.05, 0) is 42.2 Å². The average molecular weight is 363 g/mol. The van der Waals surface area contributed by atoms with Crippen LogP contribution in [-0.4, -0.2) is 37.2 Å². The first-order chi connectivity index (χ1) is 11.9. The fraction of sp³-hybridized carbons (Fsp3) is 0.294. The first-order valence-corrected chi connectivity index (χ1v) is 9.26. The van der Waals surface area contributed by atoms with E-state index < -0.39 is 15.9 Å². The zero-order chi connectivity index (χ0) is 18.0. The summed E-state index contributed by atoms with van der Waals surface area (Å²) >= 11 is 0. The molecule has 1 aliphatic rings. The summed E-state index contributed by atoms with van der Waals surface area (Å²) in [6, 6.07) is 7.44. The van der Waals surface area contributed by atoms with Gasteiger partial charge in [0.05, 0.1) is 12.6 Å². The largest absolute Gasteiger partial charge is 0.348 e. The highest BCUT2D eigenvalue weighted by Crippen LogP contribution is 2.32. The molecule has 0 aliphatic heterocycles. The van der Waals surface area contributed by atoms with Crippen LogP contribution in [0.2, 0.25) is 0 Å². The normalized spacial score (nSPS) is 16.7. The summed E-state index contributed by atoms with van der Waals surface area (Å²) in [6.07, 6.45) is 3.86. The van der Waals surface area contributed by atoms with Crippen LogP contribution in [0.5, 0.6) is 0 Å². The molecule has 1 unspecified atom stereocenters. The van der Waals surface area contributed by atoms with Crippen molar-refractivity contribution in [1.29, 1.82) is 0 Å². The van der Waals surface area contributed by atoms with E-state index in [-0.39, 0.29) is 23.3 Å². The molecule has 1 atom stereocenters. The summed E-state index contributed by atoms with van der Waals surface area (Å²) in [7, 11) is -2.45. The summed E-state index contributed by atoms with van der Waals surface area (Å²) < 4.78 is 39.5. The van der Waals surface area contributed by atoms with Gasteiger partial charge in [0, 0.05) is 19.4 Å². The quantitative estimate of drug-likeness (QED) is 0.876. The van der Waals surface area contributed by atoms with Gasteiger partial charge >= 0.3 is 0 Å². The molecule has 0 fully saturated rings. The highest BCUT2D eigenvalue weighted by molar-refractivity contribution is 7.89. The fourth-order valence-electron chi connectivity index (χ4n) is 2.97. The SMILES string of the molecule is CN(CC(=O)NC1CCc2c(F)cccc21)S(=O)(=O)c1cccnc1. The minimum atomic E-state index is -3.78. The van der Waals surface area contributed by atoms with Crippen LogP contribution in [0.1, 0.15) is 23.6 Å². The zero-order valence-corrected chi connectivity index (χ0v) is 14.5. The number of aromatic nitrogens is 1. The van der Waals surface area contributed by atoms with Crippen molar-refractivity contribution in [1.82, 2.24) is 14.6 Å². The van der Waals surface area contributed by atoms with Gasteiger partial charge in [0.1, 0.15) is 10.7 Å². The van der Waals surface area contributed by atoms with Crippen molar-refractivity contribution >= 4 is 15.9 Å². The van der Waals surface area contributed by atoms with E-state index >= 15 is 0 Å². The molecular formula is C17H18FN3O3S. The molecule has 0 bridgehead atoms. The maximum Gasteiger partial charge on any atom is 0.244 e. The molecule has 1 aromatic carbocycles. The Bertz CT molecular complexity index is 887. The summed E-state index contributed by atoms with van der Waals surface area (Å²) in [5.41, 5.74) is 1.37. The molecule has 0 radical (unpaired) electrons. The van der Waals surface area contributed by atoms with Crippen LogP contribution in [0.3, 0.4) is 0 Å². The number of nitrogens with zero attached hydrogens (tertiary/aromatic N) is 2. The lowest BCUT2D eigenvalue weighted by Crippen LogP contribution is -2.39. The Hall–Kier alpha value is -2.32. The topological polar surface area (TPSA) is 79.4 Å². The second-order valence-corrected chi connectivity index (χ2v) is 7.96. The minimum Gasteiger partial charge on any atom is -0.348 e. The number of carbonyl (C=O) groups excluding carboxylic acids is 1. The molecule has 1 aromatic heterocycles. The minimum absolute atomic E-state index is 0.0265. The van der Waals surface area contributed by atoms with E-state index in [9.17, 15) is 17.6 Å². The van der Waals surface area contributed by atoms with E-state index in [0.717, 1.165) is 9.87 Å². The van der Waals surface area contributed by atoms with Crippen molar-refractivity contribution in [2.75, 3.05) is 13.6 Å². The molecule has 25 heavy (non-hydrogen) atoms. The number of likely N-dealkylation sites (N-methyl/N-ethyl adjacent to an activating group) is 1. The zero-order valence-electron chi connectivity index (χ0n) is 13.6. The highest BCUT2D eigenvalue weighted by atomic mass is 32.2. The van der Waals surface area contributed by atoms with E-state index in [2.05, 4.69) is 10.3 Å². The molecule has 1 N–H and O–H groups in total. The Morgan fingerprint density at radius 1 is 1.36 bits per heavy atom. The number of carbonyl (C=O) groups is 1. The van der Waals surface area contributed by atoms with E-state index in [1.54, 1.807) is 12.1 Å². The van der Waals surface area contributed by atoms with Crippen LogP contribution >= 0.6 is 0 Å². The van der Waals surface area contributed by atoms with Gasteiger partial charge < -0.3 is 5.32 Å². The fourth-order valence-corrected chi connectivity index (χ4v) is 4.06. The monoisotopic (exact) mass is 363 g/mol. The third kappa shape index (κ3) is 3.54. The van der Waals surface area contributed by atoms with Gasteiger partial charge in [-0.3, -0.25) is 9.78 Å². The number of benzene rings is 1. The molecule has 3 rings (SSSR count). The van der Waals surface area contributed by atoms with Crippen molar-refractivity contribution in [3.05, 3.63) is 59.7 Å². The van der Waals surface area contributed by atoms with E-state index in [0.29, 0.717) is 18.4 Å². The van der Waals surface area contributed by atoms with Crippen molar-refractivity contribution in [3.63, 3.8) is 0 Å². The van der Waals surface area contributed by atoms with Gasteiger partial charge in [-0.25, -0.2) is 12.8 Å². The van der Waals surface area contributed by atoms with Gasteiger partial charge in [-0.2, -0.15) is 4.31 Å². The molecule has 0 spiro atoms. The summed E-state index contributed by atoms with van der Waals surface area (Å²) in [4.78, 5) is 16.1. The lowest BCUT2D eigenvalue weighted by Gasteiger charge is -2.19. The summed E-state index contributed by atoms with van der Waals surface area (Å²) in [5, 5.41) is 2.79. The van der Waals surface area contributed by atoms with Crippen molar-refractivity contribution in [3.8, 4) is 0 Å².